The Bertz CT molecular complexity index is 332. The van der Waals surface area contributed by atoms with Crippen LogP contribution in [0.2, 0.25) is 0 Å². The molecular formula is C16H28O4S. The normalized spacial score (nSPS) is 37.7. The van der Waals surface area contributed by atoms with E-state index in [-0.39, 0.29) is 5.60 Å². The average molecular weight is 316 g/mol. The van der Waals surface area contributed by atoms with Crippen molar-refractivity contribution in [3.63, 3.8) is 0 Å². The van der Waals surface area contributed by atoms with Crippen molar-refractivity contribution in [2.45, 2.75) is 56.3 Å². The van der Waals surface area contributed by atoms with Gasteiger partial charge in [-0.05, 0) is 37.9 Å². The molecule has 3 saturated heterocycles. The van der Waals surface area contributed by atoms with E-state index in [1.54, 1.807) is 0 Å². The number of aliphatic hydroxyl groups is 1. The van der Waals surface area contributed by atoms with Crippen molar-refractivity contribution in [1.82, 2.24) is 0 Å². The van der Waals surface area contributed by atoms with Crippen LogP contribution in [0.3, 0.4) is 0 Å². The van der Waals surface area contributed by atoms with Crippen molar-refractivity contribution >= 4 is 11.8 Å². The topological polar surface area (TPSA) is 47.9 Å². The summed E-state index contributed by atoms with van der Waals surface area (Å²) in [7, 11) is 0. The van der Waals surface area contributed by atoms with Crippen LogP contribution >= 0.6 is 11.8 Å². The molecule has 1 N–H and O–H groups in total. The Kier molecular flexibility index (Phi) is 5.16. The first-order valence-electron chi connectivity index (χ1n) is 8.31. The van der Waals surface area contributed by atoms with Crippen molar-refractivity contribution < 1.29 is 19.3 Å². The number of aliphatic hydroxyl groups excluding tert-OH is 1. The Morgan fingerprint density at radius 1 is 1.29 bits per heavy atom. The van der Waals surface area contributed by atoms with Crippen LogP contribution in [0.15, 0.2) is 0 Å². The lowest BCUT2D eigenvalue weighted by Crippen LogP contribution is -2.55. The van der Waals surface area contributed by atoms with Crippen molar-refractivity contribution in [3.05, 3.63) is 0 Å². The molecule has 0 aromatic heterocycles. The molecule has 0 amide bonds. The molecule has 1 spiro atoms. The van der Waals surface area contributed by atoms with Gasteiger partial charge in [-0.2, -0.15) is 11.8 Å². The molecule has 0 aromatic rings. The van der Waals surface area contributed by atoms with E-state index in [1.807, 2.05) is 18.7 Å². The molecule has 4 nitrogen and oxygen atoms in total. The van der Waals surface area contributed by atoms with Gasteiger partial charge in [-0.1, -0.05) is 0 Å². The highest BCUT2D eigenvalue weighted by molar-refractivity contribution is 7.99. The quantitative estimate of drug-likeness (QED) is 0.862. The number of hydrogen-bond acceptors (Lipinski definition) is 5. The Balaban J connectivity index is 1.71. The van der Waals surface area contributed by atoms with Gasteiger partial charge in [0.25, 0.3) is 0 Å². The molecule has 3 aliphatic heterocycles. The zero-order valence-electron chi connectivity index (χ0n) is 13.0. The molecule has 3 aliphatic rings. The fourth-order valence-electron chi connectivity index (χ4n) is 4.16. The second-order valence-corrected chi connectivity index (χ2v) is 7.75. The summed E-state index contributed by atoms with van der Waals surface area (Å²) in [6.45, 7) is 4.84. The summed E-state index contributed by atoms with van der Waals surface area (Å²) in [6.07, 6.45) is 4.28. The number of thioether (sulfide) groups is 1. The van der Waals surface area contributed by atoms with E-state index in [0.29, 0.717) is 25.7 Å². The average Bonchev–Trinajstić information content (AvgIpc) is 2.95. The third-order valence-corrected chi connectivity index (χ3v) is 6.58. The van der Waals surface area contributed by atoms with E-state index in [9.17, 15) is 5.11 Å². The molecule has 5 heteroatoms. The number of hydrogen-bond donors (Lipinski definition) is 1. The summed E-state index contributed by atoms with van der Waals surface area (Å²) in [4.78, 5) is 0. The van der Waals surface area contributed by atoms with E-state index in [4.69, 9.17) is 14.2 Å². The van der Waals surface area contributed by atoms with Gasteiger partial charge in [-0.25, -0.2) is 0 Å². The van der Waals surface area contributed by atoms with Crippen molar-refractivity contribution in [3.8, 4) is 0 Å². The Morgan fingerprint density at radius 2 is 2.10 bits per heavy atom. The predicted octanol–water partition coefficient (Wildman–Crippen LogP) is 2.24. The van der Waals surface area contributed by atoms with Gasteiger partial charge in [0.2, 0.25) is 0 Å². The van der Waals surface area contributed by atoms with Crippen molar-refractivity contribution in [2.75, 3.05) is 37.9 Å². The molecule has 0 radical (unpaired) electrons. The first-order chi connectivity index (χ1) is 10.2. The fraction of sp³-hybridized carbons (Fsp3) is 1.00. The highest BCUT2D eigenvalue weighted by Crippen LogP contribution is 2.44. The van der Waals surface area contributed by atoms with Crippen LogP contribution in [0.5, 0.6) is 0 Å². The maximum absolute atomic E-state index is 11.1. The van der Waals surface area contributed by atoms with Crippen LogP contribution in [0.1, 0.15) is 39.0 Å². The third-order valence-electron chi connectivity index (χ3n) is 5.35. The largest absolute Gasteiger partial charge is 0.390 e. The lowest BCUT2D eigenvalue weighted by molar-refractivity contribution is -0.198. The van der Waals surface area contributed by atoms with Crippen LogP contribution in [-0.2, 0) is 14.2 Å². The fourth-order valence-corrected chi connectivity index (χ4v) is 5.54. The van der Waals surface area contributed by atoms with E-state index < -0.39 is 11.7 Å². The van der Waals surface area contributed by atoms with Crippen LogP contribution < -0.4 is 0 Å². The zero-order valence-corrected chi connectivity index (χ0v) is 13.8. The third kappa shape index (κ3) is 3.27. The molecule has 3 rings (SSSR count). The maximum Gasteiger partial charge on any atom is 0.0986 e. The second kappa shape index (κ2) is 6.75. The summed E-state index contributed by atoms with van der Waals surface area (Å²) < 4.78 is 17.6. The van der Waals surface area contributed by atoms with E-state index in [2.05, 4.69) is 0 Å². The van der Waals surface area contributed by atoms with Crippen molar-refractivity contribution in [2.24, 2.45) is 5.92 Å². The summed E-state index contributed by atoms with van der Waals surface area (Å²) >= 11 is 1.98. The molecule has 3 unspecified atom stereocenters. The van der Waals surface area contributed by atoms with E-state index in [1.165, 1.54) is 5.75 Å². The monoisotopic (exact) mass is 316 g/mol. The molecular weight excluding hydrogens is 288 g/mol. The summed E-state index contributed by atoms with van der Waals surface area (Å²) in [5.74, 6) is 2.57. The van der Waals surface area contributed by atoms with Crippen LogP contribution in [-0.4, -0.2) is 60.3 Å². The summed E-state index contributed by atoms with van der Waals surface area (Å²) in [5, 5.41) is 11.1. The van der Waals surface area contributed by atoms with Gasteiger partial charge in [0.05, 0.1) is 17.3 Å². The summed E-state index contributed by atoms with van der Waals surface area (Å²) in [6, 6.07) is 0. The molecule has 0 aliphatic carbocycles. The lowest BCUT2D eigenvalue weighted by atomic mass is 9.74. The molecule has 21 heavy (non-hydrogen) atoms. The molecule has 0 saturated carbocycles. The minimum absolute atomic E-state index is 0.0210. The molecule has 122 valence electrons. The van der Waals surface area contributed by atoms with Crippen LogP contribution in [0.4, 0.5) is 0 Å². The molecule has 0 bridgehead atoms. The highest BCUT2D eigenvalue weighted by atomic mass is 32.2. The Labute approximate surface area is 131 Å². The minimum atomic E-state index is -0.401. The van der Waals surface area contributed by atoms with Gasteiger partial charge >= 0.3 is 0 Å². The predicted molar refractivity (Wildman–Crippen MR) is 83.8 cm³/mol. The molecule has 3 fully saturated rings. The minimum Gasteiger partial charge on any atom is -0.390 e. The van der Waals surface area contributed by atoms with Gasteiger partial charge in [0.15, 0.2) is 0 Å². The zero-order chi connectivity index (χ0) is 14.8. The SMILES string of the molecule is CCOC1(C(O)C2CCOC3(CCSC3)C2)CCOCC1. The first-order valence-corrected chi connectivity index (χ1v) is 9.47. The van der Waals surface area contributed by atoms with Crippen molar-refractivity contribution in [1.29, 1.82) is 0 Å². The van der Waals surface area contributed by atoms with Gasteiger partial charge in [-0.15, -0.1) is 0 Å². The maximum atomic E-state index is 11.1. The number of ether oxygens (including phenoxy) is 3. The van der Waals surface area contributed by atoms with Gasteiger partial charge in [0.1, 0.15) is 0 Å². The lowest BCUT2D eigenvalue weighted by Gasteiger charge is -2.47. The smallest absolute Gasteiger partial charge is 0.0986 e. The molecule has 3 heterocycles. The van der Waals surface area contributed by atoms with Crippen LogP contribution in [0.25, 0.3) is 0 Å². The van der Waals surface area contributed by atoms with E-state index in [0.717, 1.165) is 44.5 Å². The molecule has 0 aromatic carbocycles. The Hall–Kier alpha value is 0.190. The van der Waals surface area contributed by atoms with Gasteiger partial charge in [-0.3, -0.25) is 0 Å². The van der Waals surface area contributed by atoms with Crippen LogP contribution in [0, 0.1) is 5.92 Å². The number of rotatable bonds is 4. The van der Waals surface area contributed by atoms with E-state index >= 15 is 0 Å². The summed E-state index contributed by atoms with van der Waals surface area (Å²) in [5.41, 5.74) is -0.380. The Morgan fingerprint density at radius 3 is 2.76 bits per heavy atom. The molecule has 3 atom stereocenters. The highest BCUT2D eigenvalue weighted by Gasteiger charge is 2.49. The standard InChI is InChI=1S/C16H28O4S/c1-2-19-16(4-8-18-9-5-16)14(17)13-3-7-20-15(11-13)6-10-21-12-15/h13-14,17H,2-12H2,1H3. The second-order valence-electron chi connectivity index (χ2n) is 6.64. The van der Waals surface area contributed by atoms with Gasteiger partial charge in [0, 0.05) is 45.0 Å². The first kappa shape index (κ1) is 16.1. The van der Waals surface area contributed by atoms with Gasteiger partial charge < -0.3 is 19.3 Å².